The van der Waals surface area contributed by atoms with E-state index in [-0.39, 0.29) is 24.8 Å². The number of para-hydroxylation sites is 2. The quantitative estimate of drug-likeness (QED) is 0.168. The van der Waals surface area contributed by atoms with Crippen molar-refractivity contribution in [1.82, 2.24) is 4.90 Å². The second-order valence-electron chi connectivity index (χ2n) is 12.2. The Morgan fingerprint density at radius 3 is 2.29 bits per heavy atom. The molecule has 2 N–H and O–H groups in total. The van der Waals surface area contributed by atoms with E-state index in [1.54, 1.807) is 80.2 Å². The number of aromatic amines is 1. The standard InChI is InChI=1S/C37H37Cl2N3O7/c1-46-32-12-11-26(17-34(32)47-2)33(18-27-28(38)19-40-20-29(27)39)48-36(44)25-9-7-23(8-10-25)21-42(30-5-3-4-6-31(30)43)37(45)49-35-22-41-15-13-24(35)14-16-41/h3-12,17,19-20,24,33,35,43H,13-16,18,21-22H2,1-2H3/p+1/t33-,35-/m0/s1. The van der Waals surface area contributed by atoms with Gasteiger partial charge in [-0.15, -0.1) is 0 Å². The number of amides is 1. The predicted molar refractivity (Wildman–Crippen MR) is 185 cm³/mol. The smallest absolute Gasteiger partial charge is 0.415 e. The first-order valence-electron chi connectivity index (χ1n) is 16.1. The molecule has 256 valence electrons. The van der Waals surface area contributed by atoms with Gasteiger partial charge in [0, 0.05) is 18.5 Å². The monoisotopic (exact) mass is 706 g/mol. The molecule has 3 aliphatic heterocycles. The Kier molecular flexibility index (Phi) is 10.8. The Labute approximate surface area is 295 Å². The summed E-state index contributed by atoms with van der Waals surface area (Å²) in [4.78, 5) is 33.8. The van der Waals surface area contributed by atoms with E-state index in [1.807, 2.05) is 0 Å². The second kappa shape index (κ2) is 15.4. The van der Waals surface area contributed by atoms with Crippen LogP contribution < -0.4 is 19.4 Å². The minimum atomic E-state index is -0.776. The first-order valence-corrected chi connectivity index (χ1v) is 16.8. The number of methoxy groups -OCH3 is 2. The van der Waals surface area contributed by atoms with Crippen LogP contribution >= 0.6 is 23.2 Å². The average molecular weight is 708 g/mol. The van der Waals surface area contributed by atoms with E-state index in [0.29, 0.717) is 56.4 Å². The highest BCUT2D eigenvalue weighted by atomic mass is 35.5. The van der Waals surface area contributed by atoms with Crippen LogP contribution in [-0.2, 0) is 22.4 Å². The lowest BCUT2D eigenvalue weighted by Crippen LogP contribution is -2.53. The lowest BCUT2D eigenvalue weighted by Gasteiger charge is -2.44. The van der Waals surface area contributed by atoms with Crippen molar-refractivity contribution in [2.24, 2.45) is 5.92 Å². The average Bonchev–Trinajstić information content (AvgIpc) is 3.12. The largest absolute Gasteiger partial charge is 0.506 e. The van der Waals surface area contributed by atoms with Gasteiger partial charge in [0.05, 0.1) is 32.0 Å². The third-order valence-electron chi connectivity index (χ3n) is 9.19. The number of benzene rings is 3. The molecule has 12 heteroatoms. The van der Waals surface area contributed by atoms with Gasteiger partial charge in [-0.25, -0.2) is 14.6 Å². The van der Waals surface area contributed by atoms with Crippen molar-refractivity contribution in [3.8, 4) is 17.2 Å². The number of hydrogen-bond acceptors (Lipinski definition) is 8. The third kappa shape index (κ3) is 7.88. The molecule has 0 unspecified atom stereocenters. The number of piperidine rings is 3. The fourth-order valence-corrected chi connectivity index (χ4v) is 6.97. The lowest BCUT2D eigenvalue weighted by atomic mass is 9.86. The Morgan fingerprint density at radius 2 is 1.65 bits per heavy atom. The number of anilines is 1. The molecule has 2 atom stereocenters. The molecule has 1 amide bonds. The molecule has 7 rings (SSSR count). The maximum atomic E-state index is 13.6. The molecule has 4 aromatic rings. The summed E-state index contributed by atoms with van der Waals surface area (Å²) in [5.74, 6) is 0.736. The van der Waals surface area contributed by atoms with E-state index in [9.17, 15) is 14.7 Å². The number of rotatable bonds is 11. The van der Waals surface area contributed by atoms with Gasteiger partial charge in [-0.1, -0.05) is 53.5 Å². The number of halogens is 2. The van der Waals surface area contributed by atoms with Crippen LogP contribution in [0.25, 0.3) is 0 Å². The zero-order chi connectivity index (χ0) is 34.5. The number of nitrogens with zero attached hydrogens (tertiary/aromatic N) is 2. The number of esters is 1. The zero-order valence-electron chi connectivity index (χ0n) is 27.2. The highest BCUT2D eigenvalue weighted by molar-refractivity contribution is 6.35. The van der Waals surface area contributed by atoms with Gasteiger partial charge >= 0.3 is 12.1 Å². The van der Waals surface area contributed by atoms with E-state index >= 15 is 0 Å². The van der Waals surface area contributed by atoms with Crippen LogP contribution in [0.1, 0.15) is 46.0 Å². The van der Waals surface area contributed by atoms with Crippen LogP contribution in [0, 0.1) is 5.92 Å². The van der Waals surface area contributed by atoms with Gasteiger partial charge in [0.25, 0.3) is 0 Å². The molecule has 3 aromatic carbocycles. The number of hydrogen-bond donors (Lipinski definition) is 1. The number of phenols is 1. The fraction of sp³-hybridized carbons (Fsp3) is 0.324. The van der Waals surface area contributed by atoms with Crippen molar-refractivity contribution in [3.05, 3.63) is 111 Å². The molecular weight excluding hydrogens is 669 g/mol. The van der Waals surface area contributed by atoms with Crippen molar-refractivity contribution in [3.63, 3.8) is 0 Å². The summed E-state index contributed by atoms with van der Waals surface area (Å²) in [6.07, 6.45) is 3.92. The maximum absolute atomic E-state index is 13.6. The molecule has 0 saturated carbocycles. The van der Waals surface area contributed by atoms with Crippen LogP contribution in [-0.4, -0.2) is 62.0 Å². The zero-order valence-corrected chi connectivity index (χ0v) is 28.7. The Bertz CT molecular complexity index is 1780. The Morgan fingerprint density at radius 1 is 0.959 bits per heavy atom. The highest BCUT2D eigenvalue weighted by Gasteiger charge is 2.37. The van der Waals surface area contributed by atoms with Crippen molar-refractivity contribution in [2.75, 3.05) is 38.8 Å². The summed E-state index contributed by atoms with van der Waals surface area (Å²) in [5, 5.41) is 11.5. The summed E-state index contributed by atoms with van der Waals surface area (Å²) < 4.78 is 23.0. The summed E-state index contributed by atoms with van der Waals surface area (Å²) in [7, 11) is 3.07. The molecule has 0 spiro atoms. The normalized spacial score (nSPS) is 18.7. The topological polar surface area (TPSA) is 112 Å². The summed E-state index contributed by atoms with van der Waals surface area (Å²) in [6.45, 7) is 2.88. The number of phenolic OH excluding ortho intramolecular Hbond substituents is 1. The van der Waals surface area contributed by atoms with E-state index in [1.165, 1.54) is 18.1 Å². The van der Waals surface area contributed by atoms with Crippen LogP contribution in [0.5, 0.6) is 17.2 Å². The van der Waals surface area contributed by atoms with Crippen molar-refractivity contribution in [1.29, 1.82) is 0 Å². The third-order valence-corrected chi connectivity index (χ3v) is 9.86. The number of H-pyrrole nitrogens is 1. The van der Waals surface area contributed by atoms with Gasteiger partial charge in [0.1, 0.15) is 28.0 Å². The van der Waals surface area contributed by atoms with Crippen LogP contribution in [0.4, 0.5) is 10.5 Å². The van der Waals surface area contributed by atoms with Crippen molar-refractivity contribution in [2.45, 2.75) is 38.0 Å². The van der Waals surface area contributed by atoms with Gasteiger partial charge < -0.3 is 24.1 Å². The summed E-state index contributed by atoms with van der Waals surface area (Å²) in [5.41, 5.74) is 2.63. The van der Waals surface area contributed by atoms with Crippen LogP contribution in [0.3, 0.4) is 0 Å². The molecule has 3 saturated heterocycles. The SMILES string of the molecule is COc1ccc([C@H](Cc2c(Cl)c[nH+]cc2Cl)OC(=O)c2ccc(CN(C(=O)O[C@H]3CN4CCC3CC4)c3ccccc3O)cc2)cc1OC. The summed E-state index contributed by atoms with van der Waals surface area (Å²) >= 11 is 12.9. The molecule has 49 heavy (non-hydrogen) atoms. The summed E-state index contributed by atoms with van der Waals surface area (Å²) in [6, 6.07) is 18.7. The Balaban J connectivity index is 1.21. The van der Waals surface area contributed by atoms with Gasteiger partial charge in [-0.2, -0.15) is 0 Å². The minimum Gasteiger partial charge on any atom is -0.506 e. The number of nitrogens with one attached hydrogen (secondary N) is 1. The molecule has 4 heterocycles. The van der Waals surface area contributed by atoms with Crippen LogP contribution in [0.15, 0.2) is 79.1 Å². The Hall–Kier alpha value is -4.51. The first kappa shape index (κ1) is 34.4. The molecule has 2 bridgehead atoms. The molecule has 3 aliphatic rings. The second-order valence-corrected chi connectivity index (χ2v) is 13.0. The van der Waals surface area contributed by atoms with E-state index in [0.717, 1.165) is 31.5 Å². The van der Waals surface area contributed by atoms with Gasteiger partial charge in [-0.05, 0) is 79.4 Å². The van der Waals surface area contributed by atoms with Crippen molar-refractivity contribution < 1.29 is 38.6 Å². The van der Waals surface area contributed by atoms with Gasteiger partial charge in [0.15, 0.2) is 23.9 Å². The molecule has 1 aromatic heterocycles. The number of aromatic hydroxyl groups is 1. The van der Waals surface area contributed by atoms with E-state index < -0.39 is 18.2 Å². The highest BCUT2D eigenvalue weighted by Crippen LogP contribution is 2.36. The van der Waals surface area contributed by atoms with Crippen molar-refractivity contribution >= 4 is 41.0 Å². The maximum Gasteiger partial charge on any atom is 0.415 e. The predicted octanol–water partition coefficient (Wildman–Crippen LogP) is 6.91. The van der Waals surface area contributed by atoms with E-state index in [2.05, 4.69) is 9.88 Å². The number of carbonyl (C=O) groups excluding carboxylic acids is 2. The molecular formula is C37H38Cl2N3O7+. The fourth-order valence-electron chi connectivity index (χ4n) is 6.44. The number of aromatic nitrogens is 1. The van der Waals surface area contributed by atoms with E-state index in [4.69, 9.17) is 42.1 Å². The van der Waals surface area contributed by atoms with Crippen LogP contribution in [0.2, 0.25) is 10.0 Å². The number of carbonyl (C=O) groups is 2. The number of pyridine rings is 1. The molecule has 0 aliphatic carbocycles. The van der Waals surface area contributed by atoms with Gasteiger partial charge in [-0.3, -0.25) is 9.80 Å². The number of fused-ring (bicyclic) bond motifs is 3. The van der Waals surface area contributed by atoms with Gasteiger partial charge in [0.2, 0.25) is 0 Å². The molecule has 0 radical (unpaired) electrons. The molecule has 3 fully saturated rings. The molecule has 10 nitrogen and oxygen atoms in total. The minimum absolute atomic E-state index is 0.0359. The first-order chi connectivity index (χ1) is 23.7. The number of ether oxygens (including phenoxy) is 4. The lowest BCUT2D eigenvalue weighted by molar-refractivity contribution is -0.377.